The van der Waals surface area contributed by atoms with E-state index in [-0.39, 0.29) is 6.04 Å². The van der Waals surface area contributed by atoms with Gasteiger partial charge in [0.1, 0.15) is 6.04 Å². The zero-order valence-electron chi connectivity index (χ0n) is 7.84. The second-order valence-electron chi connectivity index (χ2n) is 3.17. The molecule has 1 unspecified atom stereocenters. The van der Waals surface area contributed by atoms with E-state index in [4.69, 9.17) is 10.2 Å². The third-order valence-corrected chi connectivity index (χ3v) is 2.04. The molecule has 0 aliphatic carbocycles. The van der Waals surface area contributed by atoms with Crippen LogP contribution in [-0.4, -0.2) is 10.2 Å². The van der Waals surface area contributed by atoms with Gasteiger partial charge in [-0.15, -0.1) is 10.2 Å². The van der Waals surface area contributed by atoms with Crippen LogP contribution in [0, 0.1) is 6.92 Å². The molecular formula is C10H11N3O. The molecule has 4 nitrogen and oxygen atoms in total. The summed E-state index contributed by atoms with van der Waals surface area (Å²) in [5, 5.41) is 7.38. The molecule has 0 spiro atoms. The molecule has 0 amide bonds. The zero-order chi connectivity index (χ0) is 9.97. The van der Waals surface area contributed by atoms with Crippen molar-refractivity contribution in [2.24, 2.45) is 5.73 Å². The van der Waals surface area contributed by atoms with Crippen molar-refractivity contribution in [2.75, 3.05) is 0 Å². The Morgan fingerprint density at radius 2 is 2.29 bits per heavy atom. The van der Waals surface area contributed by atoms with Gasteiger partial charge in [-0.3, -0.25) is 0 Å². The van der Waals surface area contributed by atoms with Crippen LogP contribution in [0.2, 0.25) is 0 Å². The van der Waals surface area contributed by atoms with Crippen LogP contribution in [0.5, 0.6) is 0 Å². The van der Waals surface area contributed by atoms with Crippen LogP contribution in [0.25, 0.3) is 0 Å². The molecular weight excluding hydrogens is 178 g/mol. The first-order valence-electron chi connectivity index (χ1n) is 4.35. The molecule has 1 aromatic heterocycles. The fraction of sp³-hybridized carbons (Fsp3) is 0.200. The first-order valence-corrected chi connectivity index (χ1v) is 4.35. The number of benzene rings is 1. The van der Waals surface area contributed by atoms with Gasteiger partial charge in [-0.05, 0) is 12.5 Å². The summed E-state index contributed by atoms with van der Waals surface area (Å²) in [6.07, 6.45) is 1.28. The molecule has 0 radical (unpaired) electrons. The normalized spacial score (nSPS) is 12.7. The second-order valence-corrected chi connectivity index (χ2v) is 3.17. The maximum absolute atomic E-state index is 5.93. The topological polar surface area (TPSA) is 64.9 Å². The smallest absolute Gasteiger partial charge is 0.237 e. The van der Waals surface area contributed by atoms with Gasteiger partial charge in [-0.1, -0.05) is 29.8 Å². The number of hydrogen-bond donors (Lipinski definition) is 1. The van der Waals surface area contributed by atoms with E-state index in [2.05, 4.69) is 10.2 Å². The lowest BCUT2D eigenvalue weighted by Gasteiger charge is -2.07. The lowest BCUT2D eigenvalue weighted by Crippen LogP contribution is -2.12. The van der Waals surface area contributed by atoms with Gasteiger partial charge in [-0.25, -0.2) is 0 Å². The first-order chi connectivity index (χ1) is 6.77. The Balaban J connectivity index is 2.32. The van der Waals surface area contributed by atoms with Crippen molar-refractivity contribution in [1.82, 2.24) is 10.2 Å². The lowest BCUT2D eigenvalue weighted by atomic mass is 10.1. The Morgan fingerprint density at radius 3 is 2.93 bits per heavy atom. The van der Waals surface area contributed by atoms with Crippen LogP contribution in [0.3, 0.4) is 0 Å². The Kier molecular flexibility index (Phi) is 2.28. The van der Waals surface area contributed by atoms with Crippen molar-refractivity contribution in [3.63, 3.8) is 0 Å². The average Bonchev–Trinajstić information content (AvgIpc) is 2.69. The molecule has 0 saturated carbocycles. The summed E-state index contributed by atoms with van der Waals surface area (Å²) in [5.41, 5.74) is 8.08. The zero-order valence-corrected chi connectivity index (χ0v) is 7.84. The molecule has 0 aliphatic heterocycles. The van der Waals surface area contributed by atoms with Gasteiger partial charge in [0.15, 0.2) is 0 Å². The van der Waals surface area contributed by atoms with E-state index in [0.717, 1.165) is 11.1 Å². The number of aromatic nitrogens is 2. The number of hydrogen-bond acceptors (Lipinski definition) is 4. The molecule has 2 aromatic rings. The summed E-state index contributed by atoms with van der Waals surface area (Å²) in [6.45, 7) is 2.02. The Morgan fingerprint density at radius 1 is 1.43 bits per heavy atom. The third kappa shape index (κ3) is 1.65. The van der Waals surface area contributed by atoms with E-state index in [9.17, 15) is 0 Å². The quantitative estimate of drug-likeness (QED) is 0.776. The summed E-state index contributed by atoms with van der Waals surface area (Å²) in [6, 6.07) is 7.60. The summed E-state index contributed by atoms with van der Waals surface area (Å²) in [7, 11) is 0. The highest BCUT2D eigenvalue weighted by atomic mass is 16.4. The third-order valence-electron chi connectivity index (χ3n) is 2.04. The molecule has 0 saturated heterocycles. The van der Waals surface area contributed by atoms with E-state index in [1.165, 1.54) is 6.39 Å². The van der Waals surface area contributed by atoms with E-state index < -0.39 is 0 Å². The van der Waals surface area contributed by atoms with E-state index in [1.807, 2.05) is 31.2 Å². The number of nitrogens with two attached hydrogens (primary N) is 1. The molecule has 4 heteroatoms. The second kappa shape index (κ2) is 3.59. The van der Waals surface area contributed by atoms with Crippen molar-refractivity contribution < 1.29 is 4.42 Å². The molecule has 2 N–H and O–H groups in total. The summed E-state index contributed by atoms with van der Waals surface area (Å²) < 4.78 is 5.04. The van der Waals surface area contributed by atoms with E-state index in [0.29, 0.717) is 5.89 Å². The Hall–Kier alpha value is -1.68. The molecule has 0 bridgehead atoms. The predicted octanol–water partition coefficient (Wildman–Crippen LogP) is 1.43. The van der Waals surface area contributed by atoms with Gasteiger partial charge in [0.05, 0.1) is 0 Å². The monoisotopic (exact) mass is 189 g/mol. The summed E-state index contributed by atoms with van der Waals surface area (Å²) >= 11 is 0. The number of aryl methyl sites for hydroxylation is 1. The fourth-order valence-corrected chi connectivity index (χ4v) is 1.32. The standard InChI is InChI=1S/C10H11N3O/c1-7-3-2-4-8(5-7)9(11)10-13-12-6-14-10/h2-6,9H,11H2,1H3. The minimum atomic E-state index is -0.336. The Bertz CT molecular complexity index is 411. The van der Waals surface area contributed by atoms with Crippen molar-refractivity contribution in [2.45, 2.75) is 13.0 Å². The Labute approximate surface area is 81.8 Å². The van der Waals surface area contributed by atoms with E-state index >= 15 is 0 Å². The van der Waals surface area contributed by atoms with Crippen LogP contribution in [0.1, 0.15) is 23.1 Å². The molecule has 2 rings (SSSR count). The van der Waals surface area contributed by atoms with Crippen LogP contribution in [-0.2, 0) is 0 Å². The molecule has 0 aliphatic rings. The fourth-order valence-electron chi connectivity index (χ4n) is 1.32. The van der Waals surface area contributed by atoms with Gasteiger partial charge < -0.3 is 10.2 Å². The highest BCUT2D eigenvalue weighted by Gasteiger charge is 2.13. The number of nitrogens with zero attached hydrogens (tertiary/aromatic N) is 2. The minimum absolute atomic E-state index is 0.336. The van der Waals surface area contributed by atoms with Crippen LogP contribution >= 0.6 is 0 Å². The van der Waals surface area contributed by atoms with Crippen molar-refractivity contribution >= 4 is 0 Å². The highest BCUT2D eigenvalue weighted by Crippen LogP contribution is 2.17. The maximum Gasteiger partial charge on any atom is 0.237 e. The molecule has 0 fully saturated rings. The lowest BCUT2D eigenvalue weighted by molar-refractivity contribution is 0.473. The van der Waals surface area contributed by atoms with Crippen molar-refractivity contribution in [3.8, 4) is 0 Å². The first kappa shape index (κ1) is 8.90. The van der Waals surface area contributed by atoms with Crippen molar-refractivity contribution in [3.05, 3.63) is 47.7 Å². The largest absolute Gasteiger partial charge is 0.426 e. The number of rotatable bonds is 2. The molecule has 1 heterocycles. The van der Waals surface area contributed by atoms with Crippen LogP contribution in [0.15, 0.2) is 35.1 Å². The summed E-state index contributed by atoms with van der Waals surface area (Å²) in [4.78, 5) is 0. The molecule has 72 valence electrons. The van der Waals surface area contributed by atoms with Crippen molar-refractivity contribution in [1.29, 1.82) is 0 Å². The van der Waals surface area contributed by atoms with E-state index in [1.54, 1.807) is 0 Å². The average molecular weight is 189 g/mol. The predicted molar refractivity (Wildman–Crippen MR) is 51.5 cm³/mol. The molecule has 1 aromatic carbocycles. The van der Waals surface area contributed by atoms with Crippen LogP contribution < -0.4 is 5.73 Å². The van der Waals surface area contributed by atoms with Gasteiger partial charge >= 0.3 is 0 Å². The minimum Gasteiger partial charge on any atom is -0.426 e. The highest BCUT2D eigenvalue weighted by molar-refractivity contribution is 5.27. The molecule has 14 heavy (non-hydrogen) atoms. The molecule has 1 atom stereocenters. The van der Waals surface area contributed by atoms with Gasteiger partial charge in [0, 0.05) is 0 Å². The maximum atomic E-state index is 5.93. The van der Waals surface area contributed by atoms with Gasteiger partial charge in [0.2, 0.25) is 12.3 Å². The van der Waals surface area contributed by atoms with Gasteiger partial charge in [0.25, 0.3) is 0 Å². The summed E-state index contributed by atoms with van der Waals surface area (Å²) in [5.74, 6) is 0.440. The SMILES string of the molecule is Cc1cccc(C(N)c2nnco2)c1. The van der Waals surface area contributed by atoms with Crippen LogP contribution in [0.4, 0.5) is 0 Å². The van der Waals surface area contributed by atoms with Gasteiger partial charge in [-0.2, -0.15) is 0 Å².